The molecule has 0 fully saturated rings. The monoisotopic (exact) mass is 428 g/mol. The zero-order chi connectivity index (χ0) is 21.9. The molecule has 0 bridgehead atoms. The Morgan fingerprint density at radius 1 is 0.741 bits per heavy atom. The fourth-order valence-corrected chi connectivity index (χ4v) is 1.67. The molecule has 156 valence electrons. The van der Waals surface area contributed by atoms with E-state index in [-0.39, 0.29) is 6.07 Å². The molecule has 1 rings (SSSR count). The number of rotatable bonds is 5. The van der Waals surface area contributed by atoms with Crippen LogP contribution >= 0.6 is 0 Å². The minimum absolute atomic E-state index is 0.189. The van der Waals surface area contributed by atoms with Crippen molar-refractivity contribution in [2.24, 2.45) is 0 Å². The SMILES string of the molecule is Cc1cc(C(F)(F)C(F)(F)C(F)(F)C(F)(F)C(F)(F)C(F)(F)F)nc(=O)[nH]1. The van der Waals surface area contributed by atoms with Crippen molar-refractivity contribution in [1.82, 2.24) is 9.97 Å². The number of hydrogen-bond acceptors (Lipinski definition) is 2. The zero-order valence-corrected chi connectivity index (χ0v) is 12.3. The summed E-state index contributed by atoms with van der Waals surface area (Å²) in [6.07, 6.45) is -7.48. The first-order valence-corrected chi connectivity index (χ1v) is 6.19. The van der Waals surface area contributed by atoms with Crippen molar-refractivity contribution in [3.63, 3.8) is 0 Å². The summed E-state index contributed by atoms with van der Waals surface area (Å²) in [7, 11) is 0. The molecule has 1 aromatic rings. The summed E-state index contributed by atoms with van der Waals surface area (Å²) in [5, 5.41) is 0. The Balaban J connectivity index is 3.65. The van der Waals surface area contributed by atoms with Crippen LogP contribution in [0.1, 0.15) is 11.4 Å². The van der Waals surface area contributed by atoms with Gasteiger partial charge in [-0.2, -0.15) is 62.1 Å². The van der Waals surface area contributed by atoms with Crippen molar-refractivity contribution >= 4 is 0 Å². The predicted molar refractivity (Wildman–Crippen MR) is 59.3 cm³/mol. The van der Waals surface area contributed by atoms with E-state index in [9.17, 15) is 61.9 Å². The van der Waals surface area contributed by atoms with Crippen LogP contribution in [0.5, 0.6) is 0 Å². The van der Waals surface area contributed by atoms with Gasteiger partial charge < -0.3 is 4.98 Å². The topological polar surface area (TPSA) is 45.8 Å². The fourth-order valence-electron chi connectivity index (χ4n) is 1.67. The molecule has 27 heavy (non-hydrogen) atoms. The van der Waals surface area contributed by atoms with Crippen LogP contribution < -0.4 is 5.69 Å². The van der Waals surface area contributed by atoms with Gasteiger partial charge in [-0.3, -0.25) is 0 Å². The van der Waals surface area contributed by atoms with E-state index < -0.39 is 52.9 Å². The summed E-state index contributed by atoms with van der Waals surface area (Å²) in [4.78, 5) is 14.6. The highest BCUT2D eigenvalue weighted by Gasteiger charge is 2.91. The summed E-state index contributed by atoms with van der Waals surface area (Å²) in [5.41, 5.74) is -5.10. The molecule has 1 heterocycles. The lowest BCUT2D eigenvalue weighted by atomic mass is 9.92. The number of hydrogen-bond donors (Lipinski definition) is 1. The second-order valence-electron chi connectivity index (χ2n) is 5.12. The van der Waals surface area contributed by atoms with E-state index in [0.29, 0.717) is 0 Å². The average molecular weight is 428 g/mol. The largest absolute Gasteiger partial charge is 0.460 e. The smallest absolute Gasteiger partial charge is 0.310 e. The molecule has 0 aliphatic carbocycles. The molecule has 0 amide bonds. The summed E-state index contributed by atoms with van der Waals surface area (Å²) in [5.74, 6) is -37.8. The molecular weight excluding hydrogens is 423 g/mol. The number of alkyl halides is 13. The number of nitrogens with one attached hydrogen (secondary N) is 1. The maximum atomic E-state index is 13.7. The van der Waals surface area contributed by atoms with Crippen molar-refractivity contribution in [3.05, 3.63) is 27.9 Å². The molecule has 1 aromatic heterocycles. The second-order valence-corrected chi connectivity index (χ2v) is 5.12. The highest BCUT2D eigenvalue weighted by atomic mass is 19.4. The fraction of sp³-hybridized carbons (Fsp3) is 0.636. The Morgan fingerprint density at radius 2 is 1.15 bits per heavy atom. The van der Waals surface area contributed by atoms with E-state index in [2.05, 4.69) is 4.98 Å². The van der Waals surface area contributed by atoms with Gasteiger partial charge in [-0.05, 0) is 13.0 Å². The molecule has 0 atom stereocenters. The summed E-state index contributed by atoms with van der Waals surface area (Å²) >= 11 is 0. The molecule has 0 aromatic carbocycles. The minimum Gasteiger partial charge on any atom is -0.310 e. The Labute approximate surface area is 139 Å². The molecule has 0 aliphatic heterocycles. The number of nitrogens with zero attached hydrogens (tertiary/aromatic N) is 1. The number of halogens is 13. The van der Waals surface area contributed by atoms with Crippen molar-refractivity contribution in [3.8, 4) is 0 Å². The summed E-state index contributed by atoms with van der Waals surface area (Å²) in [6, 6.07) is -0.189. The van der Waals surface area contributed by atoms with E-state index in [1.54, 1.807) is 4.98 Å². The van der Waals surface area contributed by atoms with Gasteiger partial charge in [-0.15, -0.1) is 0 Å². The van der Waals surface area contributed by atoms with Gasteiger partial charge in [0.25, 0.3) is 0 Å². The molecule has 0 saturated heterocycles. The highest BCUT2D eigenvalue weighted by molar-refractivity contribution is 5.20. The quantitative estimate of drug-likeness (QED) is 0.713. The van der Waals surface area contributed by atoms with Crippen LogP contribution in [-0.2, 0) is 5.92 Å². The molecule has 0 radical (unpaired) electrons. The molecule has 0 spiro atoms. The van der Waals surface area contributed by atoms with E-state index in [0.717, 1.165) is 6.92 Å². The van der Waals surface area contributed by atoms with Crippen LogP contribution in [0.15, 0.2) is 10.9 Å². The van der Waals surface area contributed by atoms with Gasteiger partial charge in [0.05, 0.1) is 0 Å². The number of aryl methyl sites for hydroxylation is 1. The molecule has 0 unspecified atom stereocenters. The van der Waals surface area contributed by atoms with Crippen LogP contribution in [0.4, 0.5) is 57.1 Å². The van der Waals surface area contributed by atoms with Gasteiger partial charge in [0, 0.05) is 5.69 Å². The molecule has 0 saturated carbocycles. The summed E-state index contributed by atoms with van der Waals surface area (Å²) < 4.78 is 168. The predicted octanol–water partition coefficient (Wildman–Crippen LogP) is 4.27. The van der Waals surface area contributed by atoms with Crippen LogP contribution in [-0.4, -0.2) is 39.8 Å². The van der Waals surface area contributed by atoms with Crippen LogP contribution in [0.25, 0.3) is 0 Å². The highest BCUT2D eigenvalue weighted by Crippen LogP contribution is 2.61. The first-order chi connectivity index (χ1) is 11.6. The van der Waals surface area contributed by atoms with E-state index >= 15 is 0 Å². The van der Waals surface area contributed by atoms with Crippen LogP contribution in [0.3, 0.4) is 0 Å². The number of aromatic nitrogens is 2. The average Bonchev–Trinajstić information content (AvgIpc) is 2.44. The lowest BCUT2D eigenvalue weighted by Gasteiger charge is -2.39. The van der Waals surface area contributed by atoms with Crippen LogP contribution in [0.2, 0.25) is 0 Å². The standard InChI is InChI=1S/C11H5F13N2O/c1-3-2-4(26-5(27)25-3)6(12,13)7(14,15)8(16,17)9(18,19)10(20,21)11(22,23)24/h2H,1H3,(H,25,26,27). The second kappa shape index (κ2) is 5.98. The Hall–Kier alpha value is -2.03. The first-order valence-electron chi connectivity index (χ1n) is 6.19. The van der Waals surface area contributed by atoms with Gasteiger partial charge in [-0.1, -0.05) is 0 Å². The van der Waals surface area contributed by atoms with Crippen LogP contribution in [0, 0.1) is 6.92 Å². The third kappa shape index (κ3) is 3.11. The van der Waals surface area contributed by atoms with E-state index in [1.165, 1.54) is 0 Å². The Morgan fingerprint density at radius 3 is 1.52 bits per heavy atom. The molecule has 3 nitrogen and oxygen atoms in total. The van der Waals surface area contributed by atoms with Gasteiger partial charge >= 0.3 is 41.5 Å². The summed E-state index contributed by atoms with van der Waals surface area (Å²) in [6.45, 7) is 0.741. The van der Waals surface area contributed by atoms with Gasteiger partial charge in [0.2, 0.25) is 0 Å². The van der Waals surface area contributed by atoms with Gasteiger partial charge in [0.1, 0.15) is 5.69 Å². The maximum absolute atomic E-state index is 13.7. The Kier molecular flexibility index (Phi) is 5.10. The van der Waals surface area contributed by atoms with Gasteiger partial charge in [0.15, 0.2) is 0 Å². The third-order valence-electron chi connectivity index (χ3n) is 3.13. The van der Waals surface area contributed by atoms with Crippen molar-refractivity contribution in [2.45, 2.75) is 42.7 Å². The van der Waals surface area contributed by atoms with E-state index in [4.69, 9.17) is 0 Å². The minimum atomic E-state index is -8.00. The number of aromatic amines is 1. The third-order valence-corrected chi connectivity index (χ3v) is 3.13. The number of H-pyrrole nitrogens is 1. The Bertz CT molecular complexity index is 764. The molecular formula is C11H5F13N2O. The van der Waals surface area contributed by atoms with Crippen molar-refractivity contribution in [1.29, 1.82) is 0 Å². The normalized spacial score (nSPS) is 15.2. The van der Waals surface area contributed by atoms with E-state index in [1.807, 2.05) is 0 Å². The molecule has 0 aliphatic rings. The maximum Gasteiger partial charge on any atom is 0.460 e. The lowest BCUT2D eigenvalue weighted by molar-refractivity contribution is -0.442. The zero-order valence-electron chi connectivity index (χ0n) is 12.3. The van der Waals surface area contributed by atoms with Crippen molar-refractivity contribution < 1.29 is 57.1 Å². The molecule has 1 N–H and O–H groups in total. The first kappa shape index (κ1) is 23.0. The van der Waals surface area contributed by atoms with Gasteiger partial charge in [-0.25, -0.2) is 4.79 Å². The lowest BCUT2D eigenvalue weighted by Crippen LogP contribution is -2.69. The molecule has 16 heteroatoms. The van der Waals surface area contributed by atoms with Crippen molar-refractivity contribution in [2.75, 3.05) is 0 Å².